The number of aromatic nitrogens is 1. The number of fused-ring (bicyclic) bond motifs is 2. The molecule has 37 heavy (non-hydrogen) atoms. The van der Waals surface area contributed by atoms with Gasteiger partial charge in [-0.05, 0) is 59.5 Å². The first kappa shape index (κ1) is 22.7. The van der Waals surface area contributed by atoms with Crippen molar-refractivity contribution >= 4 is 28.7 Å². The lowest BCUT2D eigenvalue weighted by Gasteiger charge is -2.31. The second-order valence-electron chi connectivity index (χ2n) is 9.44. The smallest absolute Gasteiger partial charge is 0.322 e. The van der Waals surface area contributed by atoms with Gasteiger partial charge in [0.25, 0.3) is 11.8 Å². The molecule has 8 heteroatoms. The lowest BCUT2D eigenvalue weighted by molar-refractivity contribution is -0.124. The van der Waals surface area contributed by atoms with Gasteiger partial charge in [0, 0.05) is 23.2 Å². The summed E-state index contributed by atoms with van der Waals surface area (Å²) in [4.78, 5) is 44.8. The van der Waals surface area contributed by atoms with Gasteiger partial charge >= 0.3 is 6.03 Å². The molecule has 2 aliphatic heterocycles. The van der Waals surface area contributed by atoms with E-state index in [1.54, 1.807) is 24.1 Å². The number of ether oxygens (including phenoxy) is 1. The van der Waals surface area contributed by atoms with E-state index in [2.05, 4.69) is 21.7 Å². The summed E-state index contributed by atoms with van der Waals surface area (Å²) in [5.41, 5.74) is 4.45. The van der Waals surface area contributed by atoms with Crippen molar-refractivity contribution in [3.8, 4) is 16.9 Å². The van der Waals surface area contributed by atoms with Gasteiger partial charge < -0.3 is 15.0 Å². The van der Waals surface area contributed by atoms with E-state index in [1.807, 2.05) is 61.5 Å². The van der Waals surface area contributed by atoms with E-state index >= 15 is 0 Å². The molecule has 3 aromatic carbocycles. The molecule has 0 bridgehead atoms. The monoisotopic (exact) mass is 492 g/mol. The fraction of sp³-hybridized carbons (Fsp3) is 0.172. The molecular formula is C29H24N4O4. The Kier molecular flexibility index (Phi) is 5.19. The van der Waals surface area contributed by atoms with Crippen LogP contribution in [-0.4, -0.2) is 41.4 Å². The van der Waals surface area contributed by atoms with Crippen LogP contribution in [0, 0.1) is 6.92 Å². The molecule has 2 aliphatic rings. The van der Waals surface area contributed by atoms with E-state index in [1.165, 1.54) is 0 Å². The highest BCUT2D eigenvalue weighted by molar-refractivity contribution is 6.08. The Labute approximate surface area is 213 Å². The minimum atomic E-state index is -1.40. The van der Waals surface area contributed by atoms with Crippen molar-refractivity contribution in [2.45, 2.75) is 19.0 Å². The number of methoxy groups -OCH3 is 1. The maximum Gasteiger partial charge on any atom is 0.322 e. The highest BCUT2D eigenvalue weighted by atomic mass is 16.5. The molecule has 4 amide bonds. The molecule has 0 spiro atoms. The molecule has 0 radical (unpaired) electrons. The lowest BCUT2D eigenvalue weighted by Crippen LogP contribution is -2.52. The predicted octanol–water partition coefficient (Wildman–Crippen LogP) is 3.91. The third kappa shape index (κ3) is 3.78. The number of amides is 4. The van der Waals surface area contributed by atoms with Gasteiger partial charge in [0.15, 0.2) is 5.54 Å². The molecular weight excluding hydrogens is 468 g/mol. The summed E-state index contributed by atoms with van der Waals surface area (Å²) in [6.07, 6.45) is 0. The van der Waals surface area contributed by atoms with Crippen LogP contribution in [0.15, 0.2) is 72.8 Å². The van der Waals surface area contributed by atoms with Crippen LogP contribution in [0.25, 0.3) is 22.0 Å². The summed E-state index contributed by atoms with van der Waals surface area (Å²) in [6, 6.07) is 22.4. The Balaban J connectivity index is 1.32. The quantitative estimate of drug-likeness (QED) is 0.412. The Bertz CT molecular complexity index is 1600. The largest absolute Gasteiger partial charge is 0.497 e. The topological polar surface area (TPSA) is 101 Å². The zero-order chi connectivity index (χ0) is 25.7. The van der Waals surface area contributed by atoms with Gasteiger partial charge in [-0.2, -0.15) is 0 Å². The Morgan fingerprint density at radius 3 is 2.46 bits per heavy atom. The van der Waals surface area contributed by atoms with E-state index < -0.39 is 17.5 Å². The van der Waals surface area contributed by atoms with Gasteiger partial charge in [-0.3, -0.25) is 19.9 Å². The van der Waals surface area contributed by atoms with E-state index in [9.17, 15) is 14.4 Å². The molecule has 1 fully saturated rings. The normalized spacial score (nSPS) is 18.6. The second-order valence-corrected chi connectivity index (χ2v) is 9.44. The molecule has 2 N–H and O–H groups in total. The molecule has 1 saturated heterocycles. The molecule has 1 aromatic heterocycles. The van der Waals surface area contributed by atoms with Crippen molar-refractivity contribution < 1.29 is 19.1 Å². The molecule has 3 heterocycles. The first-order chi connectivity index (χ1) is 17.9. The van der Waals surface area contributed by atoms with Crippen LogP contribution in [0.5, 0.6) is 5.75 Å². The molecule has 0 saturated carbocycles. The summed E-state index contributed by atoms with van der Waals surface area (Å²) in [6.45, 7) is 2.30. The number of hydrogen-bond acceptors (Lipinski definition) is 5. The Morgan fingerprint density at radius 2 is 1.73 bits per heavy atom. The number of imide groups is 1. The Morgan fingerprint density at radius 1 is 0.946 bits per heavy atom. The predicted molar refractivity (Wildman–Crippen MR) is 138 cm³/mol. The van der Waals surface area contributed by atoms with Crippen molar-refractivity contribution in [2.75, 3.05) is 13.7 Å². The molecule has 1 unspecified atom stereocenters. The first-order valence-corrected chi connectivity index (χ1v) is 11.9. The maximum atomic E-state index is 13.2. The minimum absolute atomic E-state index is 0.000738. The number of urea groups is 1. The summed E-state index contributed by atoms with van der Waals surface area (Å²) < 4.78 is 5.26. The maximum absolute atomic E-state index is 13.2. The van der Waals surface area contributed by atoms with Gasteiger partial charge in [-0.15, -0.1) is 0 Å². The molecule has 184 valence electrons. The number of benzene rings is 3. The van der Waals surface area contributed by atoms with Crippen LogP contribution in [0.2, 0.25) is 0 Å². The van der Waals surface area contributed by atoms with Crippen molar-refractivity contribution in [1.29, 1.82) is 0 Å². The average Bonchev–Trinajstić information content (AvgIpc) is 3.38. The number of aryl methyl sites for hydroxylation is 1. The summed E-state index contributed by atoms with van der Waals surface area (Å²) in [7, 11) is 1.55. The fourth-order valence-corrected chi connectivity index (χ4v) is 5.13. The van der Waals surface area contributed by atoms with Gasteiger partial charge in [0.1, 0.15) is 5.75 Å². The van der Waals surface area contributed by atoms with Crippen molar-refractivity contribution in [2.24, 2.45) is 0 Å². The van der Waals surface area contributed by atoms with Crippen LogP contribution in [0.4, 0.5) is 4.79 Å². The number of carbonyl (C=O) groups excluding carboxylic acids is 3. The molecule has 4 aromatic rings. The van der Waals surface area contributed by atoms with Crippen molar-refractivity contribution in [3.63, 3.8) is 0 Å². The van der Waals surface area contributed by atoms with E-state index in [0.29, 0.717) is 23.4 Å². The van der Waals surface area contributed by atoms with E-state index in [4.69, 9.17) is 4.74 Å². The van der Waals surface area contributed by atoms with Crippen molar-refractivity contribution in [1.82, 2.24) is 20.5 Å². The molecule has 0 aliphatic carbocycles. The van der Waals surface area contributed by atoms with Crippen LogP contribution in [0.3, 0.4) is 0 Å². The zero-order valence-corrected chi connectivity index (χ0v) is 20.4. The fourth-order valence-electron chi connectivity index (χ4n) is 5.13. The van der Waals surface area contributed by atoms with Crippen LogP contribution in [0.1, 0.15) is 27.2 Å². The van der Waals surface area contributed by atoms with E-state index in [-0.39, 0.29) is 12.5 Å². The highest BCUT2D eigenvalue weighted by Gasteiger charge is 2.50. The van der Waals surface area contributed by atoms with Crippen molar-refractivity contribution in [3.05, 3.63) is 95.2 Å². The third-order valence-corrected chi connectivity index (χ3v) is 7.10. The number of rotatable bonds is 5. The minimum Gasteiger partial charge on any atom is -0.497 e. The third-order valence-electron chi connectivity index (χ3n) is 7.10. The van der Waals surface area contributed by atoms with Gasteiger partial charge in [-0.25, -0.2) is 4.79 Å². The average molecular weight is 493 g/mol. The standard InChI is InChI=1S/C29H24N4O4/c1-17-3-4-20-13-19(8-12-25(20)30-17)18-5-9-22(10-6-18)29(27(35)31-28(36)32-29)16-33-15-21-7-11-23(37-2)14-24(21)26(33)34/h3-14H,15-16H2,1-2H3,(H2,31,32,35,36). The highest BCUT2D eigenvalue weighted by Crippen LogP contribution is 2.34. The number of pyridine rings is 1. The number of nitrogens with zero attached hydrogens (tertiary/aromatic N) is 2. The number of hydrogen-bond donors (Lipinski definition) is 2. The van der Waals surface area contributed by atoms with Crippen LogP contribution >= 0.6 is 0 Å². The van der Waals surface area contributed by atoms with Gasteiger partial charge in [0.05, 0.1) is 19.2 Å². The molecule has 8 nitrogen and oxygen atoms in total. The SMILES string of the molecule is COc1ccc2c(c1)C(=O)N(CC1(c3ccc(-c4ccc5nc(C)ccc5c4)cc3)NC(=O)NC1=O)C2. The summed E-state index contributed by atoms with van der Waals surface area (Å²) in [5, 5.41) is 6.18. The number of nitrogens with one attached hydrogen (secondary N) is 2. The first-order valence-electron chi connectivity index (χ1n) is 11.9. The zero-order valence-electron chi connectivity index (χ0n) is 20.4. The van der Waals surface area contributed by atoms with Crippen LogP contribution in [-0.2, 0) is 16.9 Å². The Hall–Kier alpha value is -4.72. The van der Waals surface area contributed by atoms with Crippen LogP contribution < -0.4 is 15.4 Å². The second kappa shape index (κ2) is 8.44. The summed E-state index contributed by atoms with van der Waals surface area (Å²) in [5.74, 6) is -0.108. The molecule has 1 atom stereocenters. The van der Waals surface area contributed by atoms with Gasteiger partial charge in [0.2, 0.25) is 0 Å². The summed E-state index contributed by atoms with van der Waals surface area (Å²) >= 11 is 0. The van der Waals surface area contributed by atoms with Gasteiger partial charge in [-0.1, -0.05) is 42.5 Å². The van der Waals surface area contributed by atoms with E-state index in [0.717, 1.165) is 33.3 Å². The molecule has 6 rings (SSSR count). The number of carbonyl (C=O) groups is 3. The lowest BCUT2D eigenvalue weighted by atomic mass is 9.88.